The van der Waals surface area contributed by atoms with E-state index in [1.807, 2.05) is 16.3 Å². The lowest BCUT2D eigenvalue weighted by molar-refractivity contribution is 0.0726. The minimum Gasteiger partial charge on any atom is -0.338 e. The van der Waals surface area contributed by atoms with Gasteiger partial charge in [0.25, 0.3) is 5.91 Å². The first kappa shape index (κ1) is 17.7. The molecule has 0 aliphatic carbocycles. The predicted molar refractivity (Wildman–Crippen MR) is 106 cm³/mol. The molecule has 0 saturated carbocycles. The van der Waals surface area contributed by atoms with Gasteiger partial charge in [-0.15, -0.1) is 0 Å². The summed E-state index contributed by atoms with van der Waals surface area (Å²) in [4.78, 5) is 19.7. The molecule has 0 spiro atoms. The van der Waals surface area contributed by atoms with Gasteiger partial charge in [-0.05, 0) is 51.2 Å². The quantitative estimate of drug-likeness (QED) is 0.711. The van der Waals surface area contributed by atoms with Crippen molar-refractivity contribution in [2.24, 2.45) is 0 Å². The second kappa shape index (κ2) is 7.14. The van der Waals surface area contributed by atoms with Crippen molar-refractivity contribution in [3.63, 3.8) is 0 Å². The number of carbonyl (C=O) groups excluding carboxylic acids is 1. The monoisotopic (exact) mass is 362 g/mol. The molecule has 140 valence electrons. The van der Waals surface area contributed by atoms with Crippen molar-refractivity contribution < 1.29 is 4.79 Å². The third kappa shape index (κ3) is 3.34. The molecule has 1 amide bonds. The Balaban J connectivity index is 1.70. The Kier molecular flexibility index (Phi) is 4.68. The van der Waals surface area contributed by atoms with Crippen molar-refractivity contribution in [2.45, 2.75) is 46.5 Å². The maximum Gasteiger partial charge on any atom is 0.259 e. The number of piperidine rings is 1. The molecule has 1 saturated heterocycles. The Bertz CT molecular complexity index is 982. The minimum absolute atomic E-state index is 0.0577. The Labute approximate surface area is 160 Å². The lowest BCUT2D eigenvalue weighted by Crippen LogP contribution is -2.35. The minimum atomic E-state index is 0.0577. The van der Waals surface area contributed by atoms with E-state index in [2.05, 4.69) is 43.2 Å². The molecule has 1 aliphatic rings. The molecule has 0 atom stereocenters. The number of carbonyl (C=O) groups is 1. The molecule has 1 fully saturated rings. The first-order valence-corrected chi connectivity index (χ1v) is 9.73. The van der Waals surface area contributed by atoms with E-state index in [0.29, 0.717) is 11.2 Å². The second-order valence-electron chi connectivity index (χ2n) is 7.57. The molecule has 0 unspecified atom stereocenters. The topological polar surface area (TPSA) is 50.5 Å². The van der Waals surface area contributed by atoms with Gasteiger partial charge in [0.05, 0.1) is 6.20 Å². The number of hydrogen-bond donors (Lipinski definition) is 0. The summed E-state index contributed by atoms with van der Waals surface area (Å²) in [5.41, 5.74) is 6.99. The van der Waals surface area contributed by atoms with Crippen molar-refractivity contribution in [1.82, 2.24) is 19.5 Å². The van der Waals surface area contributed by atoms with E-state index in [4.69, 9.17) is 4.98 Å². The normalized spacial score (nSPS) is 14.7. The van der Waals surface area contributed by atoms with E-state index in [9.17, 15) is 4.79 Å². The largest absolute Gasteiger partial charge is 0.338 e. The van der Waals surface area contributed by atoms with Gasteiger partial charge >= 0.3 is 0 Å². The van der Waals surface area contributed by atoms with Crippen LogP contribution in [-0.2, 0) is 6.42 Å². The molecular formula is C22H26N4O. The Morgan fingerprint density at radius 1 is 1.04 bits per heavy atom. The predicted octanol–water partition coefficient (Wildman–Crippen LogP) is 3.87. The maximum absolute atomic E-state index is 12.9. The van der Waals surface area contributed by atoms with E-state index < -0.39 is 0 Å². The third-order valence-corrected chi connectivity index (χ3v) is 5.58. The van der Waals surface area contributed by atoms with Crippen molar-refractivity contribution in [3.05, 3.63) is 64.1 Å². The summed E-state index contributed by atoms with van der Waals surface area (Å²) >= 11 is 0. The standard InChI is InChI=1S/C22H26N4O/c1-15-7-9-18(10-8-15)13-19-16(2)24-21-20(14-23-26(21)17(19)3)22(27)25-11-5-4-6-12-25/h7-10,14H,4-6,11-13H2,1-3H3. The molecule has 0 N–H and O–H groups in total. The van der Waals surface area contributed by atoms with Crippen LogP contribution in [0.15, 0.2) is 30.5 Å². The van der Waals surface area contributed by atoms with Crippen LogP contribution in [-0.4, -0.2) is 38.5 Å². The van der Waals surface area contributed by atoms with Crippen LogP contribution in [0, 0.1) is 20.8 Å². The zero-order valence-corrected chi connectivity index (χ0v) is 16.3. The Hall–Kier alpha value is -2.69. The van der Waals surface area contributed by atoms with Gasteiger partial charge < -0.3 is 4.90 Å². The summed E-state index contributed by atoms with van der Waals surface area (Å²) < 4.78 is 1.83. The van der Waals surface area contributed by atoms with E-state index in [0.717, 1.165) is 43.7 Å². The van der Waals surface area contributed by atoms with Gasteiger partial charge in [-0.2, -0.15) is 5.10 Å². The van der Waals surface area contributed by atoms with Crippen LogP contribution in [0.5, 0.6) is 0 Å². The van der Waals surface area contributed by atoms with Gasteiger partial charge in [0.1, 0.15) is 5.56 Å². The van der Waals surface area contributed by atoms with Crippen LogP contribution in [0.25, 0.3) is 5.65 Å². The molecular weight excluding hydrogens is 336 g/mol. The molecule has 1 aromatic carbocycles. The number of fused-ring (bicyclic) bond motifs is 1. The van der Waals surface area contributed by atoms with Crippen LogP contribution in [0.2, 0.25) is 0 Å². The summed E-state index contributed by atoms with van der Waals surface area (Å²) in [6.45, 7) is 7.85. The highest BCUT2D eigenvalue weighted by Crippen LogP contribution is 2.22. The van der Waals surface area contributed by atoms with E-state index in [-0.39, 0.29) is 5.91 Å². The number of likely N-dealkylation sites (tertiary alicyclic amines) is 1. The van der Waals surface area contributed by atoms with Crippen LogP contribution in [0.4, 0.5) is 0 Å². The summed E-state index contributed by atoms with van der Waals surface area (Å²) in [6.07, 6.45) is 5.86. The fraction of sp³-hybridized carbons (Fsp3) is 0.409. The van der Waals surface area contributed by atoms with Gasteiger partial charge in [0.15, 0.2) is 5.65 Å². The molecule has 27 heavy (non-hydrogen) atoms. The van der Waals surface area contributed by atoms with Crippen molar-refractivity contribution in [1.29, 1.82) is 0 Å². The van der Waals surface area contributed by atoms with Crippen LogP contribution in [0.1, 0.15) is 57.7 Å². The molecule has 3 heterocycles. The number of hydrogen-bond acceptors (Lipinski definition) is 3. The molecule has 3 aromatic rings. The van der Waals surface area contributed by atoms with E-state index in [1.54, 1.807) is 6.20 Å². The highest BCUT2D eigenvalue weighted by Gasteiger charge is 2.23. The smallest absolute Gasteiger partial charge is 0.259 e. The molecule has 5 heteroatoms. The first-order chi connectivity index (χ1) is 13.0. The third-order valence-electron chi connectivity index (χ3n) is 5.58. The number of nitrogens with zero attached hydrogens (tertiary/aromatic N) is 4. The van der Waals surface area contributed by atoms with Gasteiger partial charge in [0, 0.05) is 30.9 Å². The van der Waals surface area contributed by atoms with Gasteiger partial charge in [-0.1, -0.05) is 29.8 Å². The average molecular weight is 362 g/mol. The summed E-state index contributed by atoms with van der Waals surface area (Å²) in [5, 5.41) is 4.50. The van der Waals surface area contributed by atoms with Crippen molar-refractivity contribution in [3.8, 4) is 0 Å². The Morgan fingerprint density at radius 3 is 2.44 bits per heavy atom. The molecule has 5 nitrogen and oxygen atoms in total. The second-order valence-corrected chi connectivity index (χ2v) is 7.57. The molecule has 4 rings (SSSR count). The number of aromatic nitrogens is 3. The lowest BCUT2D eigenvalue weighted by Gasteiger charge is -2.26. The van der Waals surface area contributed by atoms with Gasteiger partial charge in [0.2, 0.25) is 0 Å². The zero-order chi connectivity index (χ0) is 19.0. The fourth-order valence-corrected chi connectivity index (χ4v) is 3.90. The number of amides is 1. The molecule has 2 aromatic heterocycles. The maximum atomic E-state index is 12.9. The summed E-state index contributed by atoms with van der Waals surface area (Å²) in [5.74, 6) is 0.0577. The summed E-state index contributed by atoms with van der Waals surface area (Å²) in [7, 11) is 0. The van der Waals surface area contributed by atoms with E-state index in [1.165, 1.54) is 23.1 Å². The highest BCUT2D eigenvalue weighted by atomic mass is 16.2. The fourth-order valence-electron chi connectivity index (χ4n) is 3.90. The van der Waals surface area contributed by atoms with Crippen LogP contribution >= 0.6 is 0 Å². The number of aryl methyl sites for hydroxylation is 3. The van der Waals surface area contributed by atoms with Crippen molar-refractivity contribution in [2.75, 3.05) is 13.1 Å². The highest BCUT2D eigenvalue weighted by molar-refractivity contribution is 5.99. The van der Waals surface area contributed by atoms with Crippen LogP contribution in [0.3, 0.4) is 0 Å². The molecule has 0 bridgehead atoms. The first-order valence-electron chi connectivity index (χ1n) is 9.73. The zero-order valence-electron chi connectivity index (χ0n) is 16.3. The number of benzene rings is 1. The van der Waals surface area contributed by atoms with Gasteiger partial charge in [-0.3, -0.25) is 4.79 Å². The average Bonchev–Trinajstić information content (AvgIpc) is 3.10. The van der Waals surface area contributed by atoms with E-state index >= 15 is 0 Å². The molecule has 1 aliphatic heterocycles. The van der Waals surface area contributed by atoms with Gasteiger partial charge in [-0.25, -0.2) is 9.50 Å². The van der Waals surface area contributed by atoms with Crippen LogP contribution < -0.4 is 0 Å². The SMILES string of the molecule is Cc1ccc(Cc2c(C)nc3c(C(=O)N4CCCCC4)cnn3c2C)cc1. The molecule has 0 radical (unpaired) electrons. The number of rotatable bonds is 3. The van der Waals surface area contributed by atoms with Crippen molar-refractivity contribution >= 4 is 11.6 Å². The lowest BCUT2D eigenvalue weighted by atomic mass is 10.0. The summed E-state index contributed by atoms with van der Waals surface area (Å²) in [6, 6.07) is 8.59. The Morgan fingerprint density at radius 2 is 1.74 bits per heavy atom.